The fraction of sp³-hybridized carbons (Fsp3) is 0.483. The number of methoxy groups -OCH3 is 1. The fourth-order valence-corrected chi connectivity index (χ4v) is 4.98. The molecule has 3 aromatic rings. The predicted molar refractivity (Wildman–Crippen MR) is 144 cm³/mol. The van der Waals surface area contributed by atoms with E-state index >= 15 is 0 Å². The van der Waals surface area contributed by atoms with Crippen LogP contribution in [0.4, 0.5) is 18.9 Å². The average molecular weight is 575 g/mol. The second-order valence-corrected chi connectivity index (χ2v) is 11.2. The minimum atomic E-state index is -4.71. The van der Waals surface area contributed by atoms with Crippen LogP contribution in [0.5, 0.6) is 0 Å². The molecule has 0 radical (unpaired) electrons. The van der Waals surface area contributed by atoms with Gasteiger partial charge >= 0.3 is 18.1 Å². The zero-order valence-corrected chi connectivity index (χ0v) is 23.4. The first-order valence-electron chi connectivity index (χ1n) is 13.4. The first kappa shape index (κ1) is 30.0. The van der Waals surface area contributed by atoms with E-state index in [0.29, 0.717) is 23.2 Å². The Balaban J connectivity index is 1.48. The number of nitrogens with zero attached hydrogens (tertiary/aromatic N) is 3. The van der Waals surface area contributed by atoms with E-state index in [2.05, 4.69) is 15.4 Å². The third-order valence-corrected chi connectivity index (χ3v) is 6.95. The van der Waals surface area contributed by atoms with Crippen molar-refractivity contribution < 1.29 is 37.0 Å². The molecule has 1 N–H and O–H groups in total. The van der Waals surface area contributed by atoms with E-state index in [1.54, 1.807) is 6.07 Å². The molecule has 0 unspecified atom stereocenters. The van der Waals surface area contributed by atoms with Gasteiger partial charge in [-0.25, -0.2) is 9.78 Å². The Kier molecular flexibility index (Phi) is 8.69. The van der Waals surface area contributed by atoms with Gasteiger partial charge in [-0.2, -0.15) is 18.3 Å². The van der Waals surface area contributed by atoms with Crippen LogP contribution < -0.4 is 5.32 Å². The van der Waals surface area contributed by atoms with E-state index in [4.69, 9.17) is 9.47 Å². The van der Waals surface area contributed by atoms with Crippen LogP contribution >= 0.6 is 0 Å². The second-order valence-electron chi connectivity index (χ2n) is 11.2. The molecule has 0 saturated heterocycles. The summed E-state index contributed by atoms with van der Waals surface area (Å²) < 4.78 is 51.3. The Morgan fingerprint density at radius 2 is 1.78 bits per heavy atom. The van der Waals surface area contributed by atoms with Crippen molar-refractivity contribution in [3.63, 3.8) is 0 Å². The fourth-order valence-electron chi connectivity index (χ4n) is 4.98. The van der Waals surface area contributed by atoms with Gasteiger partial charge < -0.3 is 14.8 Å². The van der Waals surface area contributed by atoms with E-state index in [-0.39, 0.29) is 23.3 Å². The van der Waals surface area contributed by atoms with Gasteiger partial charge in [0.25, 0.3) is 5.91 Å². The Hall–Kier alpha value is -3.96. The molecule has 1 fully saturated rings. The highest BCUT2D eigenvalue weighted by atomic mass is 19.4. The Morgan fingerprint density at radius 3 is 2.41 bits per heavy atom. The number of nitrogens with one attached hydrogen (secondary N) is 1. The molecule has 0 aliphatic heterocycles. The molecule has 1 aliphatic rings. The number of fused-ring (bicyclic) bond motifs is 1. The standard InChI is InChI=1S/C29H33F3N4O5/c1-28(2,3)41-25(37)13-10-17-8-11-19(12-9-17)36-16-18-14-23(20(27(39)40-4)15-22(18)35-36)34-26(38)21-6-5-7-24(33-21)29(30,31)32/h5-7,14-17,19H,8-13H2,1-4H3,(H,34,38). The zero-order chi connectivity index (χ0) is 29.9. The maximum Gasteiger partial charge on any atom is 0.433 e. The van der Waals surface area contributed by atoms with E-state index in [9.17, 15) is 27.6 Å². The normalized spacial score (nSPS) is 17.7. The number of alkyl halides is 3. The Labute approximate surface area is 235 Å². The van der Waals surface area contributed by atoms with Gasteiger partial charge in [-0.1, -0.05) is 6.07 Å². The zero-order valence-electron chi connectivity index (χ0n) is 23.4. The van der Waals surface area contributed by atoms with Crippen LogP contribution in [-0.2, 0) is 20.4 Å². The number of esters is 2. The molecule has 2 heterocycles. The molecule has 12 heteroatoms. The van der Waals surface area contributed by atoms with Crippen LogP contribution in [0.25, 0.3) is 10.9 Å². The van der Waals surface area contributed by atoms with Crippen molar-refractivity contribution in [2.24, 2.45) is 5.92 Å². The van der Waals surface area contributed by atoms with Crippen LogP contribution in [0.3, 0.4) is 0 Å². The highest BCUT2D eigenvalue weighted by Gasteiger charge is 2.33. The molecule has 1 saturated carbocycles. The summed E-state index contributed by atoms with van der Waals surface area (Å²) in [6, 6.07) is 6.16. The molecule has 1 aliphatic carbocycles. The number of hydrogen-bond acceptors (Lipinski definition) is 7. The number of pyridine rings is 1. The van der Waals surface area contributed by atoms with Crippen molar-refractivity contribution in [3.8, 4) is 0 Å². The van der Waals surface area contributed by atoms with Gasteiger partial charge in [0.2, 0.25) is 0 Å². The summed E-state index contributed by atoms with van der Waals surface area (Å²) in [5, 5.41) is 7.79. The second kappa shape index (κ2) is 11.9. The van der Waals surface area contributed by atoms with Crippen LogP contribution in [0, 0.1) is 5.92 Å². The molecule has 1 amide bonds. The number of carbonyl (C=O) groups is 3. The maximum absolute atomic E-state index is 13.1. The topological polar surface area (TPSA) is 112 Å². The number of aromatic nitrogens is 3. The van der Waals surface area contributed by atoms with Crippen molar-refractivity contribution in [1.82, 2.24) is 14.8 Å². The average Bonchev–Trinajstić information content (AvgIpc) is 3.33. The maximum atomic E-state index is 13.1. The molecule has 9 nitrogen and oxygen atoms in total. The molecular formula is C29H33F3N4O5. The lowest BCUT2D eigenvalue weighted by atomic mass is 9.83. The molecule has 1 aromatic carbocycles. The highest BCUT2D eigenvalue weighted by molar-refractivity contribution is 6.09. The first-order chi connectivity index (χ1) is 19.2. The van der Waals surface area contributed by atoms with Gasteiger partial charge in [-0.05, 0) is 83.1 Å². The summed E-state index contributed by atoms with van der Waals surface area (Å²) in [6.07, 6.45) is 1.86. The number of rotatable bonds is 7. The molecular weight excluding hydrogens is 541 g/mol. The molecule has 4 rings (SSSR count). The van der Waals surface area contributed by atoms with E-state index in [1.807, 2.05) is 31.6 Å². The number of amides is 1. The van der Waals surface area contributed by atoms with Crippen LogP contribution in [0.2, 0.25) is 0 Å². The third kappa shape index (κ3) is 7.62. The SMILES string of the molecule is COC(=O)c1cc2nn(C3CCC(CCC(=O)OC(C)(C)C)CC3)cc2cc1NC(=O)c1cccc(C(F)(F)F)n1. The van der Waals surface area contributed by atoms with Gasteiger partial charge in [-0.15, -0.1) is 0 Å². The minimum Gasteiger partial charge on any atom is -0.465 e. The van der Waals surface area contributed by atoms with Gasteiger partial charge in [-0.3, -0.25) is 14.3 Å². The summed E-state index contributed by atoms with van der Waals surface area (Å²) in [6.45, 7) is 5.55. The molecule has 0 bridgehead atoms. The molecule has 2 aromatic heterocycles. The number of benzene rings is 1. The van der Waals surface area contributed by atoms with E-state index in [1.165, 1.54) is 13.2 Å². The summed E-state index contributed by atoms with van der Waals surface area (Å²) in [5.74, 6) is -1.41. The third-order valence-electron chi connectivity index (χ3n) is 6.95. The summed E-state index contributed by atoms with van der Waals surface area (Å²) in [5.41, 5.74) is -1.56. The van der Waals surface area contributed by atoms with Gasteiger partial charge in [0.05, 0.1) is 29.9 Å². The van der Waals surface area contributed by atoms with Crippen molar-refractivity contribution in [2.75, 3.05) is 12.4 Å². The Morgan fingerprint density at radius 1 is 1.07 bits per heavy atom. The molecule has 220 valence electrons. The summed E-state index contributed by atoms with van der Waals surface area (Å²) in [4.78, 5) is 40.8. The van der Waals surface area contributed by atoms with E-state index < -0.39 is 35.0 Å². The van der Waals surface area contributed by atoms with Gasteiger partial charge in [0.1, 0.15) is 17.0 Å². The minimum absolute atomic E-state index is 0.0106. The highest BCUT2D eigenvalue weighted by Crippen LogP contribution is 2.36. The number of anilines is 1. The number of halogens is 3. The summed E-state index contributed by atoms with van der Waals surface area (Å²) in [7, 11) is 1.19. The number of hydrogen-bond donors (Lipinski definition) is 1. The van der Waals surface area contributed by atoms with Gasteiger partial charge in [0, 0.05) is 18.0 Å². The monoisotopic (exact) mass is 574 g/mol. The largest absolute Gasteiger partial charge is 0.465 e. The van der Waals surface area contributed by atoms with Crippen molar-refractivity contribution in [2.45, 2.75) is 77.1 Å². The number of ether oxygens (including phenoxy) is 2. The summed E-state index contributed by atoms with van der Waals surface area (Å²) >= 11 is 0. The van der Waals surface area contributed by atoms with Gasteiger partial charge in [0.15, 0.2) is 0 Å². The lowest BCUT2D eigenvalue weighted by Crippen LogP contribution is -2.24. The van der Waals surface area contributed by atoms with Crippen LogP contribution in [0.15, 0.2) is 36.5 Å². The molecule has 0 atom stereocenters. The van der Waals surface area contributed by atoms with Crippen LogP contribution in [-0.4, -0.2) is 45.3 Å². The first-order valence-corrected chi connectivity index (χ1v) is 13.4. The predicted octanol–water partition coefficient (Wildman–Crippen LogP) is 6.34. The number of carbonyl (C=O) groups excluding carboxylic acids is 3. The lowest BCUT2D eigenvalue weighted by Gasteiger charge is -2.29. The molecule has 41 heavy (non-hydrogen) atoms. The lowest BCUT2D eigenvalue weighted by molar-refractivity contribution is -0.155. The molecule has 0 spiro atoms. The van der Waals surface area contributed by atoms with Crippen molar-refractivity contribution >= 4 is 34.4 Å². The van der Waals surface area contributed by atoms with Crippen LogP contribution in [0.1, 0.15) is 91.9 Å². The van der Waals surface area contributed by atoms with Crippen molar-refractivity contribution in [3.05, 3.63) is 53.5 Å². The quantitative estimate of drug-likeness (QED) is 0.328. The smallest absolute Gasteiger partial charge is 0.433 e. The Bertz CT molecular complexity index is 1440. The van der Waals surface area contributed by atoms with E-state index in [0.717, 1.165) is 50.3 Å². The van der Waals surface area contributed by atoms with Crippen molar-refractivity contribution in [1.29, 1.82) is 0 Å².